The average molecular weight is 328 g/mol. The van der Waals surface area contributed by atoms with Crippen LogP contribution in [0.1, 0.15) is 18.4 Å². The van der Waals surface area contributed by atoms with E-state index in [0.717, 1.165) is 13.1 Å². The van der Waals surface area contributed by atoms with E-state index in [0.29, 0.717) is 12.1 Å². The van der Waals surface area contributed by atoms with Gasteiger partial charge in [0.1, 0.15) is 6.17 Å². The molecule has 0 spiro atoms. The van der Waals surface area contributed by atoms with E-state index < -0.39 is 0 Å². The van der Waals surface area contributed by atoms with Crippen LogP contribution in [-0.2, 0) is 0 Å². The number of nitrogens with zero attached hydrogens (tertiary/aromatic N) is 2. The molecule has 1 saturated heterocycles. The van der Waals surface area contributed by atoms with Gasteiger partial charge in [-0.15, -0.1) is 0 Å². The number of hydrogen-bond acceptors (Lipinski definition) is 2. The van der Waals surface area contributed by atoms with E-state index in [1.54, 1.807) is 0 Å². The molecule has 0 aromatic heterocycles. The normalized spacial score (nSPS) is 16.2. The molecule has 1 fully saturated rings. The van der Waals surface area contributed by atoms with Crippen LogP contribution >= 0.6 is 0 Å². The van der Waals surface area contributed by atoms with E-state index in [1.165, 1.54) is 16.9 Å². The fourth-order valence-corrected chi connectivity index (χ4v) is 3.92. The van der Waals surface area contributed by atoms with E-state index in [1.807, 2.05) is 0 Å². The monoisotopic (exact) mass is 328 g/mol. The SMILES string of the molecule is C[C@H](c1ccccc1)C1N(c2ccccc2)CCN1c1ccccc1. The first-order valence-corrected chi connectivity index (χ1v) is 9.03. The third-order valence-corrected chi connectivity index (χ3v) is 5.17. The highest BCUT2D eigenvalue weighted by Crippen LogP contribution is 2.35. The molecule has 2 heteroatoms. The number of para-hydroxylation sites is 2. The second kappa shape index (κ2) is 7.02. The summed E-state index contributed by atoms with van der Waals surface area (Å²) in [6.07, 6.45) is 0.312. The molecule has 1 aliphatic heterocycles. The first-order chi connectivity index (χ1) is 12.3. The first kappa shape index (κ1) is 15.8. The Kier molecular flexibility index (Phi) is 4.43. The van der Waals surface area contributed by atoms with Gasteiger partial charge in [0.05, 0.1) is 0 Å². The van der Waals surface area contributed by atoms with Crippen molar-refractivity contribution in [1.29, 1.82) is 0 Å². The highest BCUT2D eigenvalue weighted by atomic mass is 15.4. The molecule has 0 aliphatic carbocycles. The lowest BCUT2D eigenvalue weighted by Gasteiger charge is -2.37. The molecule has 2 nitrogen and oxygen atoms in total. The summed E-state index contributed by atoms with van der Waals surface area (Å²) in [7, 11) is 0. The number of hydrogen-bond donors (Lipinski definition) is 0. The Hall–Kier alpha value is -2.74. The van der Waals surface area contributed by atoms with E-state index in [4.69, 9.17) is 0 Å². The molecule has 4 rings (SSSR count). The standard InChI is InChI=1S/C23H24N2/c1-19(20-11-5-2-6-12-20)23-24(21-13-7-3-8-14-21)17-18-25(23)22-15-9-4-10-16-22/h2-16,19,23H,17-18H2,1H3/t19-/m1/s1. The van der Waals surface area contributed by atoms with Gasteiger partial charge in [-0.2, -0.15) is 0 Å². The van der Waals surface area contributed by atoms with Crippen molar-refractivity contribution in [3.63, 3.8) is 0 Å². The van der Waals surface area contributed by atoms with Gasteiger partial charge < -0.3 is 9.80 Å². The topological polar surface area (TPSA) is 6.48 Å². The van der Waals surface area contributed by atoms with E-state index >= 15 is 0 Å². The minimum Gasteiger partial charge on any atom is -0.349 e. The van der Waals surface area contributed by atoms with E-state index in [9.17, 15) is 0 Å². The van der Waals surface area contributed by atoms with Crippen molar-refractivity contribution in [2.75, 3.05) is 22.9 Å². The summed E-state index contributed by atoms with van der Waals surface area (Å²) in [6.45, 7) is 4.43. The van der Waals surface area contributed by atoms with Crippen molar-refractivity contribution in [2.24, 2.45) is 0 Å². The maximum Gasteiger partial charge on any atom is 0.108 e. The summed E-state index contributed by atoms with van der Waals surface area (Å²) in [4.78, 5) is 5.09. The summed E-state index contributed by atoms with van der Waals surface area (Å²) < 4.78 is 0. The van der Waals surface area contributed by atoms with Gasteiger partial charge >= 0.3 is 0 Å². The molecule has 0 bridgehead atoms. The molecular weight excluding hydrogens is 304 g/mol. The van der Waals surface area contributed by atoms with Crippen LogP contribution in [0, 0.1) is 0 Å². The molecule has 1 heterocycles. The molecule has 25 heavy (non-hydrogen) atoms. The van der Waals surface area contributed by atoms with Gasteiger partial charge in [-0.05, 0) is 29.8 Å². The smallest absolute Gasteiger partial charge is 0.108 e. The van der Waals surface area contributed by atoms with Gasteiger partial charge in [-0.25, -0.2) is 0 Å². The zero-order valence-electron chi connectivity index (χ0n) is 14.6. The van der Waals surface area contributed by atoms with Crippen LogP contribution < -0.4 is 9.80 Å². The van der Waals surface area contributed by atoms with Crippen molar-refractivity contribution in [3.8, 4) is 0 Å². The van der Waals surface area contributed by atoms with Gasteiger partial charge in [0.15, 0.2) is 0 Å². The minimum atomic E-state index is 0.312. The first-order valence-electron chi connectivity index (χ1n) is 9.03. The summed E-state index contributed by atoms with van der Waals surface area (Å²) in [5.41, 5.74) is 3.98. The van der Waals surface area contributed by atoms with E-state index in [-0.39, 0.29) is 0 Å². The Morgan fingerprint density at radius 3 is 1.48 bits per heavy atom. The molecule has 3 aromatic carbocycles. The lowest BCUT2D eigenvalue weighted by Crippen LogP contribution is -2.43. The Balaban J connectivity index is 1.73. The van der Waals surface area contributed by atoms with Crippen molar-refractivity contribution < 1.29 is 0 Å². The largest absolute Gasteiger partial charge is 0.349 e. The predicted octanol–water partition coefficient (Wildman–Crippen LogP) is 5.14. The molecule has 0 saturated carbocycles. The van der Waals surface area contributed by atoms with Crippen LogP contribution in [0.5, 0.6) is 0 Å². The Morgan fingerprint density at radius 1 is 0.640 bits per heavy atom. The third kappa shape index (κ3) is 3.12. The molecule has 0 radical (unpaired) electrons. The molecule has 0 unspecified atom stereocenters. The highest BCUT2D eigenvalue weighted by molar-refractivity contribution is 5.58. The van der Waals surface area contributed by atoms with Gasteiger partial charge in [-0.3, -0.25) is 0 Å². The highest BCUT2D eigenvalue weighted by Gasteiger charge is 2.36. The molecule has 3 aromatic rings. The number of rotatable bonds is 4. The van der Waals surface area contributed by atoms with Crippen LogP contribution in [-0.4, -0.2) is 19.3 Å². The summed E-state index contributed by atoms with van der Waals surface area (Å²) >= 11 is 0. The maximum absolute atomic E-state index is 2.55. The van der Waals surface area contributed by atoms with Gasteiger partial charge in [-0.1, -0.05) is 73.7 Å². The fourth-order valence-electron chi connectivity index (χ4n) is 3.92. The van der Waals surface area contributed by atoms with Gasteiger partial charge in [0.2, 0.25) is 0 Å². The zero-order chi connectivity index (χ0) is 17.1. The third-order valence-electron chi connectivity index (χ3n) is 5.17. The van der Waals surface area contributed by atoms with Crippen molar-refractivity contribution >= 4 is 11.4 Å². The Bertz CT molecular complexity index is 739. The summed E-state index contributed by atoms with van der Waals surface area (Å²) in [5, 5.41) is 0. The van der Waals surface area contributed by atoms with Crippen molar-refractivity contribution in [1.82, 2.24) is 0 Å². The van der Waals surface area contributed by atoms with Crippen LogP contribution in [0.15, 0.2) is 91.0 Å². The second-order valence-electron chi connectivity index (χ2n) is 6.67. The van der Waals surface area contributed by atoms with Crippen molar-refractivity contribution in [3.05, 3.63) is 96.6 Å². The minimum absolute atomic E-state index is 0.312. The lowest BCUT2D eigenvalue weighted by molar-refractivity contribution is 0.566. The average Bonchev–Trinajstić information content (AvgIpc) is 3.14. The van der Waals surface area contributed by atoms with Crippen LogP contribution in [0.25, 0.3) is 0 Å². The lowest BCUT2D eigenvalue weighted by atomic mass is 9.96. The molecule has 126 valence electrons. The van der Waals surface area contributed by atoms with Crippen LogP contribution in [0.3, 0.4) is 0 Å². The Labute approximate surface area is 150 Å². The zero-order valence-corrected chi connectivity index (χ0v) is 14.6. The quantitative estimate of drug-likeness (QED) is 0.654. The van der Waals surface area contributed by atoms with E-state index in [2.05, 4.69) is 108 Å². The summed E-state index contributed by atoms with van der Waals surface area (Å²) in [6, 6.07) is 32.4. The molecule has 0 N–H and O–H groups in total. The number of benzene rings is 3. The molecule has 1 aliphatic rings. The van der Waals surface area contributed by atoms with Crippen molar-refractivity contribution in [2.45, 2.75) is 19.0 Å². The summed E-state index contributed by atoms with van der Waals surface area (Å²) in [5.74, 6) is 0.407. The van der Waals surface area contributed by atoms with Gasteiger partial charge in [0, 0.05) is 30.4 Å². The number of anilines is 2. The fraction of sp³-hybridized carbons (Fsp3) is 0.217. The molecule has 1 atom stereocenters. The molecule has 0 amide bonds. The maximum atomic E-state index is 2.55. The van der Waals surface area contributed by atoms with Crippen LogP contribution in [0.4, 0.5) is 11.4 Å². The molecular formula is C23H24N2. The van der Waals surface area contributed by atoms with Gasteiger partial charge in [0.25, 0.3) is 0 Å². The van der Waals surface area contributed by atoms with Crippen LogP contribution in [0.2, 0.25) is 0 Å². The Morgan fingerprint density at radius 2 is 1.04 bits per heavy atom. The predicted molar refractivity (Wildman–Crippen MR) is 106 cm³/mol. The second-order valence-corrected chi connectivity index (χ2v) is 6.67.